The van der Waals surface area contributed by atoms with Crippen LogP contribution < -0.4 is 24.4 Å². The van der Waals surface area contributed by atoms with Crippen LogP contribution in [0.2, 0.25) is 0 Å². The number of allylic oxidation sites excluding steroid dienone is 1. The summed E-state index contributed by atoms with van der Waals surface area (Å²) in [6, 6.07) is 10.8. The fraction of sp³-hybridized carbons (Fsp3) is 0.250. The second kappa shape index (κ2) is 10.3. The molecule has 0 saturated carbocycles. The number of carbonyl (C=O) groups is 1. The van der Waals surface area contributed by atoms with Crippen LogP contribution in [0.15, 0.2) is 68.1 Å². The molecule has 2 aromatic heterocycles. The molecule has 196 valence electrons. The molecule has 38 heavy (non-hydrogen) atoms. The summed E-state index contributed by atoms with van der Waals surface area (Å²) in [6.07, 6.45) is 3.89. The standard InChI is InChI=1S/C28H26BrN3O5S/c1-6-37-27(34)24-15(2)30-28-32(25(24)18-12-21(35-4)22(36-5)13-19(18)29)26(33)23(38-28)11-16-14-31(3)20-10-8-7-9-17(16)20/h7-14,25H,6H2,1-5H3/b23-11-. The number of benzene rings is 2. The van der Waals surface area contributed by atoms with Crippen molar-refractivity contribution in [3.05, 3.63) is 89.2 Å². The molecule has 0 spiro atoms. The number of aromatic nitrogens is 2. The van der Waals surface area contributed by atoms with Crippen molar-refractivity contribution in [1.82, 2.24) is 9.13 Å². The van der Waals surface area contributed by atoms with Crippen molar-refractivity contribution in [2.75, 3.05) is 20.8 Å². The van der Waals surface area contributed by atoms with Gasteiger partial charge in [-0.25, -0.2) is 9.79 Å². The van der Waals surface area contributed by atoms with Gasteiger partial charge in [0.25, 0.3) is 5.56 Å². The van der Waals surface area contributed by atoms with Gasteiger partial charge in [0.05, 0.1) is 42.7 Å². The van der Waals surface area contributed by atoms with E-state index in [0.29, 0.717) is 42.1 Å². The van der Waals surface area contributed by atoms with Crippen LogP contribution in [-0.2, 0) is 16.6 Å². The Balaban J connectivity index is 1.79. The van der Waals surface area contributed by atoms with Gasteiger partial charge >= 0.3 is 5.97 Å². The molecule has 0 radical (unpaired) electrons. The van der Waals surface area contributed by atoms with Gasteiger partial charge in [0.15, 0.2) is 16.3 Å². The first-order chi connectivity index (χ1) is 18.3. The van der Waals surface area contributed by atoms with Crippen molar-refractivity contribution < 1.29 is 19.0 Å². The minimum Gasteiger partial charge on any atom is -0.493 e. The summed E-state index contributed by atoms with van der Waals surface area (Å²) in [5, 5.41) is 1.04. The molecule has 2 aromatic carbocycles. The Morgan fingerprint density at radius 2 is 1.89 bits per heavy atom. The monoisotopic (exact) mass is 595 g/mol. The zero-order valence-electron chi connectivity index (χ0n) is 21.6. The third kappa shape index (κ3) is 4.27. The normalized spacial score (nSPS) is 15.4. The number of halogens is 1. The quantitative estimate of drug-likeness (QED) is 0.314. The Kier molecular flexibility index (Phi) is 7.02. The molecule has 1 unspecified atom stereocenters. The zero-order chi connectivity index (χ0) is 27.1. The second-order valence-corrected chi connectivity index (χ2v) is 10.6. The number of esters is 1. The lowest BCUT2D eigenvalue weighted by Gasteiger charge is -2.26. The van der Waals surface area contributed by atoms with E-state index < -0.39 is 12.0 Å². The molecule has 8 nitrogen and oxygen atoms in total. The summed E-state index contributed by atoms with van der Waals surface area (Å²) in [6.45, 7) is 3.70. The van der Waals surface area contributed by atoms with E-state index in [-0.39, 0.29) is 12.2 Å². The highest BCUT2D eigenvalue weighted by atomic mass is 79.9. The third-order valence-electron chi connectivity index (χ3n) is 6.53. The Morgan fingerprint density at radius 1 is 1.18 bits per heavy atom. The average molecular weight is 597 g/mol. The molecule has 4 aromatic rings. The van der Waals surface area contributed by atoms with Gasteiger partial charge in [-0.2, -0.15) is 0 Å². The Morgan fingerprint density at radius 3 is 2.61 bits per heavy atom. The minimum atomic E-state index is -0.783. The molecule has 5 rings (SSSR count). The highest BCUT2D eigenvalue weighted by Crippen LogP contribution is 2.40. The molecular formula is C28H26BrN3O5S. The minimum absolute atomic E-state index is 0.195. The molecule has 0 amide bonds. The zero-order valence-corrected chi connectivity index (χ0v) is 24.0. The SMILES string of the molecule is CCOC(=O)C1=C(C)N=c2s/c(=C\c3cn(C)c4ccccc34)c(=O)n2C1c1cc(OC)c(OC)cc1Br. The summed E-state index contributed by atoms with van der Waals surface area (Å²) >= 11 is 4.91. The van der Waals surface area contributed by atoms with E-state index in [1.54, 1.807) is 44.8 Å². The number of carbonyl (C=O) groups excluding carboxylic acids is 1. The highest BCUT2D eigenvalue weighted by molar-refractivity contribution is 9.10. The van der Waals surface area contributed by atoms with E-state index in [1.165, 1.54) is 11.3 Å². The third-order valence-corrected chi connectivity index (χ3v) is 8.20. The smallest absolute Gasteiger partial charge is 0.338 e. The molecule has 1 aliphatic heterocycles. The molecule has 0 aliphatic carbocycles. The van der Waals surface area contributed by atoms with Gasteiger partial charge in [0, 0.05) is 34.2 Å². The topological polar surface area (TPSA) is 84.1 Å². The van der Waals surface area contributed by atoms with Crippen LogP contribution >= 0.6 is 27.3 Å². The second-order valence-electron chi connectivity index (χ2n) is 8.74. The number of rotatable bonds is 6. The number of para-hydroxylation sites is 1. The largest absolute Gasteiger partial charge is 0.493 e. The van der Waals surface area contributed by atoms with Gasteiger partial charge < -0.3 is 18.8 Å². The lowest BCUT2D eigenvalue weighted by Crippen LogP contribution is -2.40. The number of nitrogens with zero attached hydrogens (tertiary/aromatic N) is 3. The lowest BCUT2D eigenvalue weighted by molar-refractivity contribution is -0.139. The molecule has 1 aliphatic rings. The summed E-state index contributed by atoms with van der Waals surface area (Å²) in [4.78, 5) is 32.4. The number of hydrogen-bond acceptors (Lipinski definition) is 7. The number of thiazole rings is 1. The van der Waals surface area contributed by atoms with Gasteiger partial charge in [-0.3, -0.25) is 9.36 Å². The first-order valence-corrected chi connectivity index (χ1v) is 13.5. The number of aryl methyl sites for hydroxylation is 1. The fourth-order valence-corrected chi connectivity index (χ4v) is 6.37. The molecule has 0 fully saturated rings. The first-order valence-electron chi connectivity index (χ1n) is 11.9. The Labute approximate surface area is 231 Å². The summed E-state index contributed by atoms with van der Waals surface area (Å²) in [7, 11) is 5.07. The van der Waals surface area contributed by atoms with Crippen LogP contribution in [0.1, 0.15) is 31.0 Å². The maximum Gasteiger partial charge on any atom is 0.338 e. The number of fused-ring (bicyclic) bond motifs is 2. The van der Waals surface area contributed by atoms with E-state index in [1.807, 2.05) is 48.2 Å². The van der Waals surface area contributed by atoms with Crippen molar-refractivity contribution in [3.8, 4) is 11.5 Å². The van der Waals surface area contributed by atoms with E-state index in [0.717, 1.165) is 16.5 Å². The first kappa shape index (κ1) is 26.0. The van der Waals surface area contributed by atoms with Gasteiger partial charge in [-0.15, -0.1) is 0 Å². The molecular weight excluding hydrogens is 570 g/mol. The van der Waals surface area contributed by atoms with Crippen LogP contribution in [0.25, 0.3) is 17.0 Å². The van der Waals surface area contributed by atoms with Crippen LogP contribution in [0.5, 0.6) is 11.5 Å². The van der Waals surface area contributed by atoms with E-state index >= 15 is 0 Å². The molecule has 0 saturated heterocycles. The summed E-state index contributed by atoms with van der Waals surface area (Å²) in [5.74, 6) is 0.468. The Bertz CT molecular complexity index is 1800. The van der Waals surface area contributed by atoms with Crippen molar-refractivity contribution in [3.63, 3.8) is 0 Å². The fourth-order valence-electron chi connectivity index (χ4n) is 4.79. The van der Waals surface area contributed by atoms with Gasteiger partial charge in [0.2, 0.25) is 0 Å². The maximum atomic E-state index is 14.0. The molecule has 0 N–H and O–H groups in total. The molecule has 3 heterocycles. The number of methoxy groups -OCH3 is 2. The average Bonchev–Trinajstić information content (AvgIpc) is 3.38. The van der Waals surface area contributed by atoms with Crippen LogP contribution in [0.3, 0.4) is 0 Å². The summed E-state index contributed by atoms with van der Waals surface area (Å²) < 4.78 is 21.2. The van der Waals surface area contributed by atoms with Crippen LogP contribution in [0, 0.1) is 0 Å². The summed E-state index contributed by atoms with van der Waals surface area (Å²) in [5.41, 5.74) is 3.19. The highest BCUT2D eigenvalue weighted by Gasteiger charge is 2.35. The van der Waals surface area contributed by atoms with Crippen LogP contribution in [0.4, 0.5) is 0 Å². The predicted molar refractivity (Wildman–Crippen MR) is 151 cm³/mol. The van der Waals surface area contributed by atoms with Crippen LogP contribution in [-0.4, -0.2) is 35.9 Å². The van der Waals surface area contributed by atoms with E-state index in [4.69, 9.17) is 14.2 Å². The van der Waals surface area contributed by atoms with E-state index in [9.17, 15) is 9.59 Å². The van der Waals surface area contributed by atoms with Crippen molar-refractivity contribution in [2.45, 2.75) is 19.9 Å². The van der Waals surface area contributed by atoms with Crippen molar-refractivity contribution >= 4 is 50.2 Å². The van der Waals surface area contributed by atoms with E-state index in [2.05, 4.69) is 20.9 Å². The van der Waals surface area contributed by atoms with Gasteiger partial charge in [0.1, 0.15) is 0 Å². The molecule has 0 bridgehead atoms. The molecule has 1 atom stereocenters. The lowest BCUT2D eigenvalue weighted by atomic mass is 9.95. The van der Waals surface area contributed by atoms with Crippen molar-refractivity contribution in [1.29, 1.82) is 0 Å². The predicted octanol–water partition coefficient (Wildman–Crippen LogP) is 4.07. The van der Waals surface area contributed by atoms with Crippen molar-refractivity contribution in [2.24, 2.45) is 12.0 Å². The Hall–Kier alpha value is -3.63. The van der Waals surface area contributed by atoms with Gasteiger partial charge in [-0.05, 0) is 43.7 Å². The number of ether oxygens (including phenoxy) is 3. The number of hydrogen-bond donors (Lipinski definition) is 0. The van der Waals surface area contributed by atoms with Gasteiger partial charge in [-0.1, -0.05) is 45.5 Å². The maximum absolute atomic E-state index is 14.0. The molecule has 10 heteroatoms.